The predicted molar refractivity (Wildman–Crippen MR) is 105 cm³/mol. The third kappa shape index (κ3) is 4.11. The van der Waals surface area contributed by atoms with Gasteiger partial charge in [0.2, 0.25) is 0 Å². The Morgan fingerprint density at radius 2 is 1.04 bits per heavy atom. The highest BCUT2D eigenvalue weighted by Crippen LogP contribution is 2.32. The first-order valence-corrected chi connectivity index (χ1v) is 9.56. The summed E-state index contributed by atoms with van der Waals surface area (Å²) in [5.74, 6) is 0. The van der Waals surface area contributed by atoms with Crippen LogP contribution in [0.3, 0.4) is 0 Å². The minimum Gasteiger partial charge on any atom is -0.367 e. The van der Waals surface area contributed by atoms with Gasteiger partial charge in [-0.05, 0) is 60.8 Å². The summed E-state index contributed by atoms with van der Waals surface area (Å²) in [6, 6.07) is 21.5. The Balaban J connectivity index is 1.48. The maximum absolute atomic E-state index is 6.48. The first-order chi connectivity index (χ1) is 12.4. The van der Waals surface area contributed by atoms with E-state index in [1.165, 1.54) is 48.0 Å². The molecule has 0 radical (unpaired) electrons. The standard InChI is InChI=1S/C24H26O/c1-3-9-19(10-4-1)21-13-7-15-23(17-21)25-24-16-8-14-22(18-24)20-11-5-2-6-12-20/h1-6,9-12,17-18,23-24H,7-8,13-16H2. The summed E-state index contributed by atoms with van der Waals surface area (Å²) in [6.07, 6.45) is 12.3. The van der Waals surface area contributed by atoms with Crippen molar-refractivity contribution in [1.82, 2.24) is 0 Å². The molecule has 2 aromatic rings. The molecule has 0 amide bonds. The predicted octanol–water partition coefficient (Wildman–Crippen LogP) is 6.28. The van der Waals surface area contributed by atoms with E-state index < -0.39 is 0 Å². The summed E-state index contributed by atoms with van der Waals surface area (Å²) >= 11 is 0. The molecule has 4 rings (SSSR count). The van der Waals surface area contributed by atoms with E-state index >= 15 is 0 Å². The molecule has 0 fully saturated rings. The molecule has 0 spiro atoms. The van der Waals surface area contributed by atoms with Gasteiger partial charge in [0, 0.05) is 0 Å². The molecular formula is C24H26O. The van der Waals surface area contributed by atoms with Crippen molar-refractivity contribution in [2.45, 2.75) is 50.7 Å². The molecule has 2 atom stereocenters. The SMILES string of the molecule is C1=C(c2ccccc2)CCCC1OC1C=C(c2ccccc2)CCC1. The second-order valence-electron chi connectivity index (χ2n) is 7.11. The van der Waals surface area contributed by atoms with Gasteiger partial charge in [-0.3, -0.25) is 0 Å². The topological polar surface area (TPSA) is 9.23 Å². The number of allylic oxidation sites excluding steroid dienone is 2. The molecule has 2 aliphatic rings. The normalized spacial score (nSPS) is 23.7. The van der Waals surface area contributed by atoms with Crippen molar-refractivity contribution in [3.63, 3.8) is 0 Å². The first-order valence-electron chi connectivity index (χ1n) is 9.56. The monoisotopic (exact) mass is 330 g/mol. The molecule has 1 heteroatoms. The number of rotatable bonds is 4. The van der Waals surface area contributed by atoms with Gasteiger partial charge in [-0.2, -0.15) is 0 Å². The van der Waals surface area contributed by atoms with Crippen molar-refractivity contribution in [2.24, 2.45) is 0 Å². The smallest absolute Gasteiger partial charge is 0.0769 e. The van der Waals surface area contributed by atoms with Crippen molar-refractivity contribution >= 4 is 11.1 Å². The maximum atomic E-state index is 6.48. The molecular weight excluding hydrogens is 304 g/mol. The van der Waals surface area contributed by atoms with Gasteiger partial charge in [0.05, 0.1) is 12.2 Å². The van der Waals surface area contributed by atoms with Crippen molar-refractivity contribution in [1.29, 1.82) is 0 Å². The average molecular weight is 330 g/mol. The number of hydrogen-bond donors (Lipinski definition) is 0. The summed E-state index contributed by atoms with van der Waals surface area (Å²) in [6.45, 7) is 0. The lowest BCUT2D eigenvalue weighted by molar-refractivity contribution is 0.0273. The highest BCUT2D eigenvalue weighted by Gasteiger charge is 2.21. The highest BCUT2D eigenvalue weighted by molar-refractivity contribution is 5.67. The molecule has 0 saturated heterocycles. The van der Waals surface area contributed by atoms with E-state index in [0.717, 1.165) is 12.8 Å². The van der Waals surface area contributed by atoms with Gasteiger partial charge in [0.25, 0.3) is 0 Å². The summed E-state index contributed by atoms with van der Waals surface area (Å²) in [5.41, 5.74) is 5.58. The van der Waals surface area contributed by atoms with Crippen LogP contribution in [0.2, 0.25) is 0 Å². The van der Waals surface area contributed by atoms with Crippen molar-refractivity contribution in [3.8, 4) is 0 Å². The summed E-state index contributed by atoms with van der Waals surface area (Å²) < 4.78 is 6.48. The van der Waals surface area contributed by atoms with E-state index in [9.17, 15) is 0 Å². The minimum absolute atomic E-state index is 0.250. The Labute approximate surface area is 151 Å². The van der Waals surface area contributed by atoms with Crippen LogP contribution in [0, 0.1) is 0 Å². The number of ether oxygens (including phenoxy) is 1. The van der Waals surface area contributed by atoms with Crippen LogP contribution in [0.25, 0.3) is 11.1 Å². The van der Waals surface area contributed by atoms with Gasteiger partial charge in [-0.25, -0.2) is 0 Å². The van der Waals surface area contributed by atoms with Crippen LogP contribution in [-0.4, -0.2) is 12.2 Å². The van der Waals surface area contributed by atoms with Crippen LogP contribution >= 0.6 is 0 Å². The largest absolute Gasteiger partial charge is 0.367 e. The molecule has 128 valence electrons. The first kappa shape index (κ1) is 16.4. The Morgan fingerprint density at radius 3 is 1.48 bits per heavy atom. The van der Waals surface area contributed by atoms with Crippen LogP contribution in [0.1, 0.15) is 49.7 Å². The van der Waals surface area contributed by atoms with E-state index in [1.807, 2.05) is 0 Å². The quantitative estimate of drug-likeness (QED) is 0.641. The van der Waals surface area contributed by atoms with Gasteiger partial charge < -0.3 is 4.74 Å². The Morgan fingerprint density at radius 1 is 0.600 bits per heavy atom. The van der Waals surface area contributed by atoms with Gasteiger partial charge in [-0.1, -0.05) is 72.8 Å². The van der Waals surface area contributed by atoms with E-state index in [4.69, 9.17) is 4.74 Å². The fourth-order valence-corrected chi connectivity index (χ4v) is 3.99. The molecule has 2 unspecified atom stereocenters. The molecule has 0 aliphatic heterocycles. The van der Waals surface area contributed by atoms with E-state index in [0.29, 0.717) is 0 Å². The summed E-state index contributed by atoms with van der Waals surface area (Å²) in [5, 5.41) is 0. The van der Waals surface area contributed by atoms with Crippen LogP contribution in [0.4, 0.5) is 0 Å². The second kappa shape index (κ2) is 7.84. The second-order valence-corrected chi connectivity index (χ2v) is 7.11. The van der Waals surface area contributed by atoms with E-state index in [-0.39, 0.29) is 12.2 Å². The average Bonchev–Trinajstić information content (AvgIpc) is 2.70. The molecule has 25 heavy (non-hydrogen) atoms. The van der Waals surface area contributed by atoms with Crippen molar-refractivity contribution in [3.05, 3.63) is 83.9 Å². The zero-order valence-electron chi connectivity index (χ0n) is 14.7. The van der Waals surface area contributed by atoms with Gasteiger partial charge >= 0.3 is 0 Å². The van der Waals surface area contributed by atoms with E-state index in [1.54, 1.807) is 0 Å². The van der Waals surface area contributed by atoms with Crippen molar-refractivity contribution < 1.29 is 4.74 Å². The van der Waals surface area contributed by atoms with Gasteiger partial charge in [-0.15, -0.1) is 0 Å². The Hall–Kier alpha value is -2.12. The van der Waals surface area contributed by atoms with Crippen molar-refractivity contribution in [2.75, 3.05) is 0 Å². The molecule has 0 N–H and O–H groups in total. The lowest BCUT2D eigenvalue weighted by Crippen LogP contribution is -2.23. The number of hydrogen-bond acceptors (Lipinski definition) is 1. The highest BCUT2D eigenvalue weighted by atomic mass is 16.5. The van der Waals surface area contributed by atoms with Crippen LogP contribution in [0.15, 0.2) is 72.8 Å². The Kier molecular flexibility index (Phi) is 5.13. The van der Waals surface area contributed by atoms with Gasteiger partial charge in [0.1, 0.15) is 0 Å². The Bertz CT molecular complexity index is 677. The third-order valence-electron chi connectivity index (χ3n) is 5.28. The molecule has 0 aromatic heterocycles. The van der Waals surface area contributed by atoms with E-state index in [2.05, 4.69) is 72.8 Å². The lowest BCUT2D eigenvalue weighted by atomic mass is 9.90. The minimum atomic E-state index is 0.250. The number of benzene rings is 2. The molecule has 0 bridgehead atoms. The summed E-state index contributed by atoms with van der Waals surface area (Å²) in [4.78, 5) is 0. The maximum Gasteiger partial charge on any atom is 0.0769 e. The molecule has 0 heterocycles. The zero-order chi connectivity index (χ0) is 16.9. The van der Waals surface area contributed by atoms with Crippen LogP contribution < -0.4 is 0 Å². The fraction of sp³-hybridized carbons (Fsp3) is 0.333. The zero-order valence-corrected chi connectivity index (χ0v) is 14.7. The lowest BCUT2D eigenvalue weighted by Gasteiger charge is -2.28. The van der Waals surface area contributed by atoms with Gasteiger partial charge in [0.15, 0.2) is 0 Å². The molecule has 0 saturated carbocycles. The molecule has 1 nitrogen and oxygen atoms in total. The molecule has 2 aliphatic carbocycles. The third-order valence-corrected chi connectivity index (χ3v) is 5.28. The fourth-order valence-electron chi connectivity index (χ4n) is 3.99. The van der Waals surface area contributed by atoms with Crippen LogP contribution in [-0.2, 0) is 4.74 Å². The van der Waals surface area contributed by atoms with Crippen LogP contribution in [0.5, 0.6) is 0 Å². The summed E-state index contributed by atoms with van der Waals surface area (Å²) in [7, 11) is 0. The molecule has 2 aromatic carbocycles.